The molecule has 0 aromatic carbocycles. The molecule has 1 aromatic rings. The van der Waals surface area contributed by atoms with E-state index in [-0.39, 0.29) is 17.4 Å². The maximum absolute atomic E-state index is 11.6. The molecule has 17 heavy (non-hydrogen) atoms. The summed E-state index contributed by atoms with van der Waals surface area (Å²) in [7, 11) is 0. The highest BCUT2D eigenvalue weighted by Crippen LogP contribution is 2.25. The summed E-state index contributed by atoms with van der Waals surface area (Å²) < 4.78 is 0. The molecule has 1 atom stereocenters. The maximum Gasteiger partial charge on any atom is 0.251 e. The van der Waals surface area contributed by atoms with Crippen LogP contribution in [0.4, 0.5) is 0 Å². The highest BCUT2D eigenvalue weighted by atomic mass is 16.2. The van der Waals surface area contributed by atoms with E-state index in [0.717, 1.165) is 12.2 Å². The van der Waals surface area contributed by atoms with Gasteiger partial charge in [-0.3, -0.25) is 9.59 Å². The lowest BCUT2D eigenvalue weighted by atomic mass is 10.0. The Kier molecular flexibility index (Phi) is 3.26. The number of amides is 1. The van der Waals surface area contributed by atoms with Crippen LogP contribution in [-0.4, -0.2) is 33.9 Å². The van der Waals surface area contributed by atoms with Gasteiger partial charge < -0.3 is 9.88 Å². The third-order valence-corrected chi connectivity index (χ3v) is 3.16. The van der Waals surface area contributed by atoms with Crippen LogP contribution in [0.3, 0.4) is 0 Å². The Labute approximate surface area is 99.9 Å². The molecule has 0 spiro atoms. The molecule has 0 saturated carbocycles. The molecular weight excluding hydrogens is 218 g/mol. The van der Waals surface area contributed by atoms with E-state index in [4.69, 9.17) is 0 Å². The summed E-state index contributed by atoms with van der Waals surface area (Å²) in [6.07, 6.45) is 1.16. The predicted molar refractivity (Wildman–Crippen MR) is 63.8 cm³/mol. The van der Waals surface area contributed by atoms with Gasteiger partial charge in [0.1, 0.15) is 5.82 Å². The van der Waals surface area contributed by atoms with Crippen molar-refractivity contribution in [3.8, 4) is 0 Å². The number of aromatic amines is 1. The van der Waals surface area contributed by atoms with Gasteiger partial charge in [-0.1, -0.05) is 6.92 Å². The van der Waals surface area contributed by atoms with Crippen LogP contribution in [0, 0.1) is 0 Å². The molecule has 0 bridgehead atoms. The Morgan fingerprint density at radius 3 is 2.82 bits per heavy atom. The highest BCUT2D eigenvalue weighted by Gasteiger charge is 2.30. The van der Waals surface area contributed by atoms with Crippen LogP contribution in [-0.2, 0) is 11.2 Å². The molecule has 1 aliphatic rings. The zero-order valence-corrected chi connectivity index (χ0v) is 10.2. The van der Waals surface area contributed by atoms with Gasteiger partial charge in [-0.05, 0) is 6.92 Å². The number of rotatable bonds is 3. The number of nitrogens with zero attached hydrogens (tertiary/aromatic N) is 2. The summed E-state index contributed by atoms with van der Waals surface area (Å²) in [6, 6.07) is 1.51. The first kappa shape index (κ1) is 11.8. The van der Waals surface area contributed by atoms with Crippen LogP contribution in [0.15, 0.2) is 10.9 Å². The van der Waals surface area contributed by atoms with Crippen LogP contribution >= 0.6 is 0 Å². The maximum atomic E-state index is 11.6. The second-order valence-corrected chi connectivity index (χ2v) is 4.30. The van der Waals surface area contributed by atoms with Crippen molar-refractivity contribution < 1.29 is 4.79 Å². The number of H-pyrrole nitrogens is 1. The van der Waals surface area contributed by atoms with E-state index in [1.165, 1.54) is 6.07 Å². The predicted octanol–water partition coefficient (Wildman–Crippen LogP) is 0.668. The molecule has 2 heterocycles. The average molecular weight is 235 g/mol. The molecule has 1 fully saturated rings. The van der Waals surface area contributed by atoms with E-state index in [0.29, 0.717) is 25.2 Å². The number of aryl methyl sites for hydroxylation is 1. The van der Waals surface area contributed by atoms with Crippen molar-refractivity contribution in [2.75, 3.05) is 13.1 Å². The van der Waals surface area contributed by atoms with E-state index < -0.39 is 0 Å². The van der Waals surface area contributed by atoms with E-state index in [2.05, 4.69) is 9.97 Å². The number of aromatic nitrogens is 2. The summed E-state index contributed by atoms with van der Waals surface area (Å²) in [5, 5.41) is 0. The van der Waals surface area contributed by atoms with Crippen molar-refractivity contribution in [2.45, 2.75) is 32.6 Å². The first-order valence-corrected chi connectivity index (χ1v) is 6.02. The van der Waals surface area contributed by atoms with E-state index in [1.807, 2.05) is 13.8 Å². The molecule has 92 valence electrons. The molecule has 1 N–H and O–H groups in total. The first-order valence-electron chi connectivity index (χ1n) is 6.02. The van der Waals surface area contributed by atoms with Crippen molar-refractivity contribution >= 4 is 5.91 Å². The molecule has 2 rings (SSSR count). The van der Waals surface area contributed by atoms with Gasteiger partial charge >= 0.3 is 0 Å². The van der Waals surface area contributed by atoms with Gasteiger partial charge in [0, 0.05) is 37.9 Å². The number of likely N-dealkylation sites (N-methyl/N-ethyl adjacent to an activating group) is 1. The third kappa shape index (κ3) is 2.38. The van der Waals surface area contributed by atoms with Crippen LogP contribution in [0.1, 0.15) is 37.7 Å². The van der Waals surface area contributed by atoms with Crippen molar-refractivity contribution in [3.05, 3.63) is 27.9 Å². The fraction of sp³-hybridized carbons (Fsp3) is 0.583. The van der Waals surface area contributed by atoms with Gasteiger partial charge in [0.15, 0.2) is 0 Å². The molecular formula is C12H17N3O2. The van der Waals surface area contributed by atoms with Gasteiger partial charge in [0.05, 0.1) is 5.69 Å². The normalized spacial score (nSPS) is 20.0. The smallest absolute Gasteiger partial charge is 0.251 e. The monoisotopic (exact) mass is 235 g/mol. The molecule has 1 amide bonds. The lowest BCUT2D eigenvalue weighted by Crippen LogP contribution is -2.24. The Morgan fingerprint density at radius 1 is 1.47 bits per heavy atom. The first-order chi connectivity index (χ1) is 8.13. The van der Waals surface area contributed by atoms with Crippen molar-refractivity contribution in [3.63, 3.8) is 0 Å². The number of nitrogens with one attached hydrogen (secondary N) is 1. The Bertz CT molecular complexity index is 481. The topological polar surface area (TPSA) is 66.1 Å². The summed E-state index contributed by atoms with van der Waals surface area (Å²) in [5.74, 6) is 0.905. The second kappa shape index (κ2) is 4.69. The minimum Gasteiger partial charge on any atom is -0.342 e. The van der Waals surface area contributed by atoms with E-state index in [1.54, 1.807) is 4.90 Å². The Morgan fingerprint density at radius 2 is 2.24 bits per heavy atom. The minimum atomic E-state index is -0.130. The zero-order chi connectivity index (χ0) is 12.4. The minimum absolute atomic E-state index is 0.0649. The highest BCUT2D eigenvalue weighted by molar-refractivity contribution is 5.79. The van der Waals surface area contributed by atoms with Gasteiger partial charge in [-0.15, -0.1) is 0 Å². The molecule has 1 saturated heterocycles. The lowest BCUT2D eigenvalue weighted by molar-refractivity contribution is -0.127. The van der Waals surface area contributed by atoms with E-state index >= 15 is 0 Å². The summed E-state index contributed by atoms with van der Waals surface area (Å²) in [6.45, 7) is 5.30. The van der Waals surface area contributed by atoms with Crippen LogP contribution in [0.2, 0.25) is 0 Å². The van der Waals surface area contributed by atoms with Gasteiger partial charge in [-0.2, -0.15) is 0 Å². The SMILES string of the molecule is CCc1nc([C@@H]2CC(=O)N(CC)C2)cc(=O)[nH]1. The second-order valence-electron chi connectivity index (χ2n) is 4.30. The van der Waals surface area contributed by atoms with Crippen molar-refractivity contribution in [1.82, 2.24) is 14.9 Å². The molecule has 1 aliphatic heterocycles. The molecule has 0 radical (unpaired) electrons. The standard InChI is InChI=1S/C12H17N3O2/c1-3-10-13-9(6-11(16)14-10)8-5-12(17)15(4-2)7-8/h6,8H,3-5,7H2,1-2H3,(H,13,14,16)/t8-/m1/s1. The molecule has 1 aromatic heterocycles. The molecule has 5 heteroatoms. The fourth-order valence-corrected chi connectivity index (χ4v) is 2.18. The quantitative estimate of drug-likeness (QED) is 0.837. The van der Waals surface area contributed by atoms with Crippen molar-refractivity contribution in [2.24, 2.45) is 0 Å². The van der Waals surface area contributed by atoms with Crippen LogP contribution in [0.25, 0.3) is 0 Å². The van der Waals surface area contributed by atoms with Crippen LogP contribution < -0.4 is 5.56 Å². The summed E-state index contributed by atoms with van der Waals surface area (Å²) in [4.78, 5) is 32.0. The zero-order valence-electron chi connectivity index (χ0n) is 10.2. The van der Waals surface area contributed by atoms with E-state index in [9.17, 15) is 9.59 Å². The van der Waals surface area contributed by atoms with Crippen molar-refractivity contribution in [1.29, 1.82) is 0 Å². The van der Waals surface area contributed by atoms with Crippen LogP contribution in [0.5, 0.6) is 0 Å². The van der Waals surface area contributed by atoms with Gasteiger partial charge in [0.25, 0.3) is 5.56 Å². The molecule has 5 nitrogen and oxygen atoms in total. The number of hydrogen-bond acceptors (Lipinski definition) is 3. The molecule has 0 aliphatic carbocycles. The number of carbonyl (C=O) groups is 1. The largest absolute Gasteiger partial charge is 0.342 e. The number of hydrogen-bond donors (Lipinski definition) is 1. The lowest BCUT2D eigenvalue weighted by Gasteiger charge is -2.13. The summed E-state index contributed by atoms with van der Waals surface area (Å²) in [5.41, 5.74) is 0.615. The Hall–Kier alpha value is -1.65. The molecule has 0 unspecified atom stereocenters. The fourth-order valence-electron chi connectivity index (χ4n) is 2.18. The Balaban J connectivity index is 2.27. The summed E-state index contributed by atoms with van der Waals surface area (Å²) >= 11 is 0. The third-order valence-electron chi connectivity index (χ3n) is 3.16. The number of likely N-dealkylation sites (tertiary alicyclic amines) is 1. The van der Waals surface area contributed by atoms with Gasteiger partial charge in [-0.25, -0.2) is 4.98 Å². The number of carbonyl (C=O) groups excluding carboxylic acids is 1. The average Bonchev–Trinajstić information content (AvgIpc) is 2.69. The van der Waals surface area contributed by atoms with Gasteiger partial charge in [0.2, 0.25) is 5.91 Å².